The summed E-state index contributed by atoms with van der Waals surface area (Å²) in [6, 6.07) is 11.8. The summed E-state index contributed by atoms with van der Waals surface area (Å²) in [5, 5.41) is 22.6. The van der Waals surface area contributed by atoms with Crippen LogP contribution in [0.15, 0.2) is 52.7 Å². The summed E-state index contributed by atoms with van der Waals surface area (Å²) >= 11 is 1.14. The number of carbonyl (C=O) groups excluding carboxylic acids is 2. The summed E-state index contributed by atoms with van der Waals surface area (Å²) in [4.78, 5) is 24.4. The van der Waals surface area contributed by atoms with Crippen LogP contribution in [0.5, 0.6) is 17.2 Å². The predicted molar refractivity (Wildman–Crippen MR) is 120 cm³/mol. The molecule has 1 fully saturated rings. The smallest absolute Gasteiger partial charge is 0.240 e. The number of phenols is 1. The maximum Gasteiger partial charge on any atom is 0.240 e. The van der Waals surface area contributed by atoms with E-state index in [9.17, 15) is 14.7 Å². The van der Waals surface area contributed by atoms with E-state index in [4.69, 9.17) is 9.47 Å². The Hall–Kier alpha value is -3.53. The largest absolute Gasteiger partial charge is 0.504 e. The van der Waals surface area contributed by atoms with Crippen LogP contribution in [0.1, 0.15) is 18.9 Å². The van der Waals surface area contributed by atoms with Crippen molar-refractivity contribution in [1.29, 1.82) is 0 Å². The Bertz CT molecular complexity index is 1010. The van der Waals surface area contributed by atoms with E-state index in [1.165, 1.54) is 19.4 Å². The topological polar surface area (TPSA) is 122 Å². The van der Waals surface area contributed by atoms with E-state index in [0.717, 1.165) is 17.5 Å². The molecule has 0 spiro atoms. The Morgan fingerprint density at radius 2 is 2.06 bits per heavy atom. The monoisotopic (exact) mass is 442 g/mol. The summed E-state index contributed by atoms with van der Waals surface area (Å²) in [5.74, 6) is 0.484. The molecule has 0 radical (unpaired) electrons. The maximum absolute atomic E-state index is 12.3. The molecule has 9 nitrogen and oxygen atoms in total. The number of nitrogens with zero attached hydrogens (tertiary/aromatic N) is 2. The molecule has 2 amide bonds. The summed E-state index contributed by atoms with van der Waals surface area (Å²) < 4.78 is 10.4. The number of amides is 2. The van der Waals surface area contributed by atoms with Crippen LogP contribution in [0, 0.1) is 0 Å². The van der Waals surface area contributed by atoms with E-state index in [2.05, 4.69) is 20.8 Å². The van der Waals surface area contributed by atoms with Crippen LogP contribution in [0.2, 0.25) is 0 Å². The standard InChI is InChI=1S/C21H22N4O5S/c1-3-30-15-7-5-14(6-8-15)23-19(27)11-18-20(28)24-21(31-18)25-22-12-13-4-9-16(26)17(10-13)29-2/h4-10,12,18,26H,3,11H2,1-2H3,(H,23,27)(H,24,25,28)/b22-12+. The van der Waals surface area contributed by atoms with Crippen molar-refractivity contribution in [2.24, 2.45) is 10.2 Å². The molecule has 3 N–H and O–H groups in total. The summed E-state index contributed by atoms with van der Waals surface area (Å²) in [6.45, 7) is 2.46. The van der Waals surface area contributed by atoms with Crippen LogP contribution in [-0.2, 0) is 9.59 Å². The highest BCUT2D eigenvalue weighted by atomic mass is 32.2. The molecule has 162 valence electrons. The number of thioether (sulfide) groups is 1. The zero-order valence-electron chi connectivity index (χ0n) is 17.0. The molecule has 10 heteroatoms. The van der Waals surface area contributed by atoms with Gasteiger partial charge in [-0.1, -0.05) is 11.8 Å². The van der Waals surface area contributed by atoms with Crippen molar-refractivity contribution >= 4 is 40.6 Å². The van der Waals surface area contributed by atoms with E-state index >= 15 is 0 Å². The highest BCUT2D eigenvalue weighted by Crippen LogP contribution is 2.26. The number of nitrogens with one attached hydrogen (secondary N) is 2. The molecule has 31 heavy (non-hydrogen) atoms. The van der Waals surface area contributed by atoms with Crippen molar-refractivity contribution in [2.75, 3.05) is 19.0 Å². The number of hydrogen-bond acceptors (Lipinski definition) is 8. The third kappa shape index (κ3) is 6.22. The van der Waals surface area contributed by atoms with Crippen LogP contribution in [0.25, 0.3) is 0 Å². The Kier molecular flexibility index (Phi) is 7.50. The van der Waals surface area contributed by atoms with Gasteiger partial charge >= 0.3 is 0 Å². The second-order valence-corrected chi connectivity index (χ2v) is 7.58. The van der Waals surface area contributed by atoms with Crippen molar-refractivity contribution in [3.05, 3.63) is 48.0 Å². The van der Waals surface area contributed by atoms with Gasteiger partial charge in [-0.15, -0.1) is 5.10 Å². The third-order valence-corrected chi connectivity index (χ3v) is 5.23. The fourth-order valence-corrected chi connectivity index (χ4v) is 3.61. The van der Waals surface area contributed by atoms with E-state index in [1.807, 2.05) is 6.92 Å². The summed E-state index contributed by atoms with van der Waals surface area (Å²) in [6.07, 6.45) is 1.47. The first kappa shape index (κ1) is 22.2. The van der Waals surface area contributed by atoms with Gasteiger partial charge < -0.3 is 25.2 Å². The first-order valence-electron chi connectivity index (χ1n) is 9.46. The Morgan fingerprint density at radius 1 is 1.29 bits per heavy atom. The quantitative estimate of drug-likeness (QED) is 0.427. The average molecular weight is 442 g/mol. The third-order valence-electron chi connectivity index (χ3n) is 4.16. The molecule has 1 aliphatic rings. The van der Waals surface area contributed by atoms with Crippen LogP contribution in [0.3, 0.4) is 0 Å². The number of carbonyl (C=O) groups is 2. The fraction of sp³-hybridized carbons (Fsp3) is 0.238. The van der Waals surface area contributed by atoms with Gasteiger partial charge in [0.25, 0.3) is 0 Å². The number of aromatic hydroxyl groups is 1. The Balaban J connectivity index is 1.54. The molecule has 3 rings (SSSR count). The molecule has 1 atom stereocenters. The first-order chi connectivity index (χ1) is 15.0. The lowest BCUT2D eigenvalue weighted by molar-refractivity contribution is -0.122. The number of amidine groups is 1. The molecular weight excluding hydrogens is 420 g/mol. The summed E-state index contributed by atoms with van der Waals surface area (Å²) in [7, 11) is 1.45. The maximum atomic E-state index is 12.3. The zero-order valence-corrected chi connectivity index (χ0v) is 17.8. The van der Waals surface area contributed by atoms with Crippen molar-refractivity contribution in [3.8, 4) is 17.2 Å². The second kappa shape index (κ2) is 10.5. The van der Waals surface area contributed by atoms with Gasteiger partial charge in [-0.3, -0.25) is 9.59 Å². The molecular formula is C21H22N4O5S. The number of benzene rings is 2. The second-order valence-electron chi connectivity index (χ2n) is 6.39. The van der Waals surface area contributed by atoms with Crippen molar-refractivity contribution in [1.82, 2.24) is 5.32 Å². The summed E-state index contributed by atoms with van der Waals surface area (Å²) in [5.41, 5.74) is 1.29. The van der Waals surface area contributed by atoms with Gasteiger partial charge in [0, 0.05) is 12.1 Å². The minimum absolute atomic E-state index is 0.00159. The van der Waals surface area contributed by atoms with Gasteiger partial charge in [-0.25, -0.2) is 0 Å². The molecule has 1 unspecified atom stereocenters. The van der Waals surface area contributed by atoms with Gasteiger partial charge in [-0.2, -0.15) is 5.10 Å². The molecule has 1 heterocycles. The Labute approximate surface area is 183 Å². The Morgan fingerprint density at radius 3 is 2.77 bits per heavy atom. The number of ether oxygens (including phenoxy) is 2. The van der Waals surface area contributed by atoms with Gasteiger partial charge in [0.05, 0.1) is 19.9 Å². The van der Waals surface area contributed by atoms with Gasteiger partial charge in [0.2, 0.25) is 11.8 Å². The first-order valence-corrected chi connectivity index (χ1v) is 10.3. The number of methoxy groups -OCH3 is 1. The van der Waals surface area contributed by atoms with E-state index < -0.39 is 5.25 Å². The normalized spacial score (nSPS) is 17.0. The van der Waals surface area contributed by atoms with Crippen LogP contribution < -0.4 is 20.1 Å². The fourth-order valence-electron chi connectivity index (χ4n) is 2.69. The molecule has 1 aliphatic heterocycles. The molecule has 0 aliphatic carbocycles. The molecule has 0 aromatic heterocycles. The van der Waals surface area contributed by atoms with Crippen LogP contribution in [0.4, 0.5) is 5.69 Å². The number of phenolic OH excluding ortho intramolecular Hbond substituents is 1. The lowest BCUT2D eigenvalue weighted by Gasteiger charge is -2.08. The van der Waals surface area contributed by atoms with Gasteiger partial charge in [0.1, 0.15) is 11.0 Å². The molecule has 0 saturated carbocycles. The lowest BCUT2D eigenvalue weighted by atomic mass is 10.2. The molecule has 2 aromatic carbocycles. The van der Waals surface area contributed by atoms with Crippen molar-refractivity contribution in [3.63, 3.8) is 0 Å². The highest BCUT2D eigenvalue weighted by Gasteiger charge is 2.32. The molecule has 1 saturated heterocycles. The highest BCUT2D eigenvalue weighted by molar-refractivity contribution is 8.15. The predicted octanol–water partition coefficient (Wildman–Crippen LogP) is 2.75. The van der Waals surface area contributed by atoms with Crippen LogP contribution in [-0.4, -0.2) is 47.3 Å². The minimum Gasteiger partial charge on any atom is -0.504 e. The van der Waals surface area contributed by atoms with E-state index in [-0.39, 0.29) is 24.0 Å². The zero-order chi connectivity index (χ0) is 22.2. The van der Waals surface area contributed by atoms with Crippen LogP contribution >= 0.6 is 11.8 Å². The van der Waals surface area contributed by atoms with Gasteiger partial charge in [-0.05, 0) is 55.0 Å². The van der Waals surface area contributed by atoms with Crippen molar-refractivity contribution in [2.45, 2.75) is 18.6 Å². The molecule has 2 aromatic rings. The number of anilines is 1. The lowest BCUT2D eigenvalue weighted by Crippen LogP contribution is -2.28. The van der Waals surface area contributed by atoms with Gasteiger partial charge in [0.15, 0.2) is 16.7 Å². The van der Waals surface area contributed by atoms with E-state index in [1.54, 1.807) is 36.4 Å². The minimum atomic E-state index is -0.592. The average Bonchev–Trinajstić information content (AvgIpc) is 3.09. The molecule has 0 bridgehead atoms. The number of rotatable bonds is 8. The number of hydrogen-bond donors (Lipinski definition) is 3. The van der Waals surface area contributed by atoms with E-state index in [0.29, 0.717) is 28.8 Å². The SMILES string of the molecule is CCOc1ccc(NC(=O)CC2S/C(=N\N=C\c3ccc(O)c(OC)c3)NC2=O)cc1. The van der Waals surface area contributed by atoms with Crippen molar-refractivity contribution < 1.29 is 24.2 Å².